The fourth-order valence-electron chi connectivity index (χ4n) is 2.90. The van der Waals surface area contributed by atoms with E-state index in [1.54, 1.807) is 50.6 Å². The third kappa shape index (κ3) is 5.24. The number of nitrogens with zero attached hydrogens (tertiary/aromatic N) is 3. The van der Waals surface area contributed by atoms with Crippen molar-refractivity contribution >= 4 is 44.3 Å². The number of methoxy groups -OCH3 is 1. The van der Waals surface area contributed by atoms with E-state index in [0.717, 1.165) is 4.47 Å². The van der Waals surface area contributed by atoms with Crippen LogP contribution in [0.3, 0.4) is 0 Å². The quantitative estimate of drug-likeness (QED) is 0.570. The van der Waals surface area contributed by atoms with Gasteiger partial charge in [-0.1, -0.05) is 22.0 Å². The number of fused-ring (bicyclic) bond motifs is 1. The lowest BCUT2D eigenvalue weighted by Crippen LogP contribution is -2.35. The minimum atomic E-state index is -0.325. The molecule has 8 nitrogen and oxygen atoms in total. The van der Waals surface area contributed by atoms with Crippen LogP contribution in [-0.4, -0.2) is 47.0 Å². The molecule has 30 heavy (non-hydrogen) atoms. The van der Waals surface area contributed by atoms with E-state index in [4.69, 9.17) is 4.74 Å². The lowest BCUT2D eigenvalue weighted by molar-refractivity contribution is -0.133. The van der Waals surface area contributed by atoms with Gasteiger partial charge in [-0.15, -0.1) is 0 Å². The third-order valence-electron chi connectivity index (χ3n) is 4.51. The maximum absolute atomic E-state index is 12.6. The van der Waals surface area contributed by atoms with E-state index in [1.165, 1.54) is 15.8 Å². The molecule has 0 spiro atoms. The van der Waals surface area contributed by atoms with Crippen LogP contribution in [0.25, 0.3) is 10.9 Å². The number of amides is 2. The summed E-state index contributed by atoms with van der Waals surface area (Å²) >= 11 is 3.35. The number of anilines is 1. The third-order valence-corrected chi connectivity index (χ3v) is 5.01. The second-order valence-electron chi connectivity index (χ2n) is 6.68. The van der Waals surface area contributed by atoms with Crippen LogP contribution >= 0.6 is 15.9 Å². The van der Waals surface area contributed by atoms with Crippen molar-refractivity contribution < 1.29 is 14.3 Å². The van der Waals surface area contributed by atoms with Crippen molar-refractivity contribution in [2.45, 2.75) is 13.0 Å². The molecule has 1 aromatic heterocycles. The van der Waals surface area contributed by atoms with Gasteiger partial charge in [-0.2, -0.15) is 0 Å². The number of aromatic nitrogens is 2. The highest BCUT2D eigenvalue weighted by Gasteiger charge is 2.14. The number of ether oxygens (including phenoxy) is 1. The maximum atomic E-state index is 12.6. The van der Waals surface area contributed by atoms with E-state index in [1.807, 2.05) is 6.07 Å². The molecule has 0 saturated carbocycles. The van der Waals surface area contributed by atoms with Crippen LogP contribution in [0.5, 0.6) is 5.75 Å². The Labute approximate surface area is 181 Å². The van der Waals surface area contributed by atoms with Gasteiger partial charge in [0.25, 0.3) is 5.56 Å². The zero-order valence-electron chi connectivity index (χ0n) is 16.6. The van der Waals surface area contributed by atoms with Crippen LogP contribution in [0.4, 0.5) is 5.69 Å². The second-order valence-corrected chi connectivity index (χ2v) is 7.60. The summed E-state index contributed by atoms with van der Waals surface area (Å²) in [7, 11) is 3.09. The first-order valence-electron chi connectivity index (χ1n) is 9.20. The number of likely N-dealkylation sites (N-methyl/N-ethyl adjacent to an activating group) is 1. The van der Waals surface area contributed by atoms with Crippen LogP contribution < -0.4 is 15.6 Å². The van der Waals surface area contributed by atoms with Crippen LogP contribution in [0.1, 0.15) is 6.42 Å². The predicted molar refractivity (Wildman–Crippen MR) is 118 cm³/mol. The number of benzene rings is 2. The molecule has 1 N–H and O–H groups in total. The van der Waals surface area contributed by atoms with E-state index in [9.17, 15) is 14.4 Å². The summed E-state index contributed by atoms with van der Waals surface area (Å²) in [5.41, 5.74) is 0.963. The standard InChI is InChI=1S/C21H21BrN4O4/c1-25(12-19(27)24-15-4-3-5-16(11-15)30-2)20(28)8-9-26-13-23-18-7-6-14(22)10-17(18)21(26)29/h3-7,10-11,13H,8-9,12H2,1-2H3,(H,24,27). The van der Waals surface area contributed by atoms with Crippen molar-refractivity contribution in [3.8, 4) is 5.75 Å². The summed E-state index contributed by atoms with van der Waals surface area (Å²) in [5, 5.41) is 3.21. The topological polar surface area (TPSA) is 93.5 Å². The lowest BCUT2D eigenvalue weighted by Gasteiger charge is -2.17. The summed E-state index contributed by atoms with van der Waals surface area (Å²) in [6.45, 7) is 0.0722. The Morgan fingerprint density at radius 1 is 1.23 bits per heavy atom. The van der Waals surface area contributed by atoms with Gasteiger partial charge in [0.05, 0.1) is 30.9 Å². The number of aryl methyl sites for hydroxylation is 1. The van der Waals surface area contributed by atoms with E-state index in [-0.39, 0.29) is 36.9 Å². The monoisotopic (exact) mass is 472 g/mol. The van der Waals surface area contributed by atoms with Gasteiger partial charge >= 0.3 is 0 Å². The van der Waals surface area contributed by atoms with Gasteiger partial charge in [0.1, 0.15) is 5.75 Å². The molecular formula is C21H21BrN4O4. The van der Waals surface area contributed by atoms with Gasteiger partial charge in [-0.05, 0) is 30.3 Å². The highest BCUT2D eigenvalue weighted by atomic mass is 79.9. The Bertz CT molecular complexity index is 1150. The molecule has 3 aromatic rings. The number of carbonyl (C=O) groups is 2. The van der Waals surface area contributed by atoms with Crippen LogP contribution in [0.15, 0.2) is 58.1 Å². The highest BCUT2D eigenvalue weighted by molar-refractivity contribution is 9.10. The molecule has 0 unspecified atom stereocenters. The van der Waals surface area contributed by atoms with Crippen LogP contribution in [0.2, 0.25) is 0 Å². The summed E-state index contributed by atoms with van der Waals surface area (Å²) in [6.07, 6.45) is 1.51. The molecular weight excluding hydrogens is 452 g/mol. The number of carbonyl (C=O) groups excluding carboxylic acids is 2. The fourth-order valence-corrected chi connectivity index (χ4v) is 3.26. The number of nitrogens with one attached hydrogen (secondary N) is 1. The van der Waals surface area contributed by atoms with E-state index >= 15 is 0 Å². The number of halogens is 1. The van der Waals surface area contributed by atoms with Crippen molar-refractivity contribution in [1.82, 2.24) is 14.5 Å². The highest BCUT2D eigenvalue weighted by Crippen LogP contribution is 2.17. The molecule has 0 saturated heterocycles. The molecule has 0 aliphatic heterocycles. The minimum absolute atomic E-state index is 0.0734. The molecule has 0 fully saturated rings. The van der Waals surface area contributed by atoms with Crippen molar-refractivity contribution in [2.24, 2.45) is 0 Å². The van der Waals surface area contributed by atoms with Gasteiger partial charge in [0.15, 0.2) is 0 Å². The van der Waals surface area contributed by atoms with Gasteiger partial charge in [-0.25, -0.2) is 4.98 Å². The molecule has 1 heterocycles. The maximum Gasteiger partial charge on any atom is 0.261 e. The molecule has 156 valence electrons. The first-order chi connectivity index (χ1) is 14.4. The van der Waals surface area contributed by atoms with Crippen molar-refractivity contribution in [3.63, 3.8) is 0 Å². The average molecular weight is 473 g/mol. The van der Waals surface area contributed by atoms with Crippen molar-refractivity contribution in [1.29, 1.82) is 0 Å². The van der Waals surface area contributed by atoms with Gasteiger partial charge in [0.2, 0.25) is 11.8 Å². The number of hydrogen-bond acceptors (Lipinski definition) is 5. The Hall–Kier alpha value is -3.20. The van der Waals surface area contributed by atoms with Gasteiger partial charge in [-0.3, -0.25) is 19.0 Å². The molecule has 0 aliphatic rings. The Kier molecular flexibility index (Phi) is 6.83. The molecule has 2 aromatic carbocycles. The zero-order valence-corrected chi connectivity index (χ0v) is 18.2. The summed E-state index contributed by atoms with van der Waals surface area (Å²) < 4.78 is 7.30. The first-order valence-corrected chi connectivity index (χ1v) is 9.99. The smallest absolute Gasteiger partial charge is 0.261 e. The number of hydrogen-bond donors (Lipinski definition) is 1. The summed E-state index contributed by atoms with van der Waals surface area (Å²) in [6, 6.07) is 12.2. The zero-order chi connectivity index (χ0) is 21.7. The van der Waals surface area contributed by atoms with Gasteiger partial charge in [0, 0.05) is 36.2 Å². The van der Waals surface area contributed by atoms with Gasteiger partial charge < -0.3 is 15.0 Å². The molecule has 2 amide bonds. The summed E-state index contributed by atoms with van der Waals surface area (Å²) in [5.74, 6) is 0.0456. The molecule has 9 heteroatoms. The normalized spacial score (nSPS) is 10.6. The fraction of sp³-hybridized carbons (Fsp3) is 0.238. The predicted octanol–water partition coefficient (Wildman–Crippen LogP) is 2.65. The van der Waals surface area contributed by atoms with Crippen molar-refractivity contribution in [3.05, 3.63) is 63.6 Å². The van der Waals surface area contributed by atoms with E-state index < -0.39 is 0 Å². The van der Waals surface area contributed by atoms with Crippen LogP contribution in [-0.2, 0) is 16.1 Å². The average Bonchev–Trinajstić information content (AvgIpc) is 2.73. The lowest BCUT2D eigenvalue weighted by atomic mass is 10.2. The SMILES string of the molecule is COc1cccc(NC(=O)CN(C)C(=O)CCn2cnc3ccc(Br)cc3c2=O)c1. The Balaban J connectivity index is 1.58. The minimum Gasteiger partial charge on any atom is -0.497 e. The molecule has 3 rings (SSSR count). The molecule has 0 radical (unpaired) electrons. The Morgan fingerprint density at radius 3 is 2.80 bits per heavy atom. The largest absolute Gasteiger partial charge is 0.497 e. The van der Waals surface area contributed by atoms with Crippen LogP contribution in [0, 0.1) is 0 Å². The molecule has 0 bridgehead atoms. The first kappa shape index (κ1) is 21.5. The second kappa shape index (κ2) is 9.53. The molecule has 0 atom stereocenters. The Morgan fingerprint density at radius 2 is 2.03 bits per heavy atom. The van der Waals surface area contributed by atoms with E-state index in [0.29, 0.717) is 22.3 Å². The van der Waals surface area contributed by atoms with E-state index in [2.05, 4.69) is 26.2 Å². The summed E-state index contributed by atoms with van der Waals surface area (Å²) in [4.78, 5) is 42.8. The molecule has 0 aliphatic carbocycles. The number of rotatable bonds is 7. The van der Waals surface area contributed by atoms with Crippen molar-refractivity contribution in [2.75, 3.05) is 26.0 Å².